The van der Waals surface area contributed by atoms with Gasteiger partial charge in [0.05, 0.1) is 43.5 Å². The van der Waals surface area contributed by atoms with Gasteiger partial charge in [-0.3, -0.25) is 9.59 Å². The summed E-state index contributed by atoms with van der Waals surface area (Å²) in [5.41, 5.74) is 0.482. The monoisotopic (exact) mass is 477 g/mol. The molecule has 0 radical (unpaired) electrons. The first-order chi connectivity index (χ1) is 17.0. The van der Waals surface area contributed by atoms with Gasteiger partial charge in [0, 0.05) is 0 Å². The van der Waals surface area contributed by atoms with Crippen LogP contribution in [0.3, 0.4) is 0 Å². The second-order valence-corrected chi connectivity index (χ2v) is 8.34. The molecule has 180 valence electrons. The van der Waals surface area contributed by atoms with Crippen LogP contribution in [0.2, 0.25) is 0 Å². The minimum Gasteiger partial charge on any atom is -0.493 e. The number of rotatable bonds is 8. The molecule has 1 unspecified atom stereocenters. The average molecular weight is 477 g/mol. The lowest BCUT2D eigenvalue weighted by Gasteiger charge is -2.25. The molecule has 8 heteroatoms. The number of ether oxygens (including phenoxy) is 2. The Morgan fingerprint density at radius 2 is 1.94 bits per heavy atom. The highest BCUT2D eigenvalue weighted by molar-refractivity contribution is 5.99. The van der Waals surface area contributed by atoms with E-state index in [9.17, 15) is 14.0 Å². The van der Waals surface area contributed by atoms with Gasteiger partial charge in [0.1, 0.15) is 17.2 Å². The molecule has 0 N–H and O–H groups in total. The molecule has 7 nitrogen and oxygen atoms in total. The van der Waals surface area contributed by atoms with Crippen LogP contribution in [0.5, 0.6) is 11.5 Å². The number of furan rings is 1. The van der Waals surface area contributed by atoms with Crippen LogP contribution in [0.4, 0.5) is 4.39 Å². The van der Waals surface area contributed by atoms with Crippen LogP contribution < -0.4 is 14.9 Å². The molecule has 1 aliphatic rings. The predicted octanol–water partition coefficient (Wildman–Crippen LogP) is 5.46. The maximum absolute atomic E-state index is 14.0. The number of halogens is 1. The third-order valence-corrected chi connectivity index (χ3v) is 6.09. The molecular weight excluding hydrogens is 453 g/mol. The number of amides is 1. The van der Waals surface area contributed by atoms with Crippen LogP contribution in [0.15, 0.2) is 68.4 Å². The summed E-state index contributed by atoms with van der Waals surface area (Å²) in [4.78, 5) is 28.6. The standard InChI is InChI=1S/C27H24FNO6/c1-3-4-11-34-21-9-7-16(13-22(21)32-2)24-23-25(30)19-14-17(28)8-10-20(19)35-26(23)27(31)29(24)15-18-6-5-12-33-18/h5-10,12-14,24H,3-4,11,15H2,1-2H3. The van der Waals surface area contributed by atoms with Crippen molar-refractivity contribution in [2.75, 3.05) is 13.7 Å². The maximum atomic E-state index is 14.0. The van der Waals surface area contributed by atoms with Crippen LogP contribution in [-0.2, 0) is 6.54 Å². The lowest BCUT2D eigenvalue weighted by molar-refractivity contribution is 0.0701. The fraction of sp³-hybridized carbons (Fsp3) is 0.259. The van der Waals surface area contributed by atoms with E-state index in [1.54, 1.807) is 30.3 Å². The first-order valence-electron chi connectivity index (χ1n) is 11.4. The third kappa shape index (κ3) is 4.05. The second kappa shape index (κ2) is 9.29. The van der Waals surface area contributed by atoms with Crippen LogP contribution in [0.1, 0.15) is 53.2 Å². The van der Waals surface area contributed by atoms with Crippen molar-refractivity contribution >= 4 is 16.9 Å². The summed E-state index contributed by atoms with van der Waals surface area (Å²) in [5.74, 6) is 0.520. The van der Waals surface area contributed by atoms with E-state index >= 15 is 0 Å². The third-order valence-electron chi connectivity index (χ3n) is 6.09. The summed E-state index contributed by atoms with van der Waals surface area (Å²) in [6, 6.07) is 11.7. The van der Waals surface area contributed by atoms with Gasteiger partial charge in [-0.2, -0.15) is 0 Å². The fourth-order valence-electron chi connectivity index (χ4n) is 4.37. The maximum Gasteiger partial charge on any atom is 0.291 e. The highest BCUT2D eigenvalue weighted by Crippen LogP contribution is 2.41. The number of methoxy groups -OCH3 is 1. The molecule has 0 fully saturated rings. The molecule has 3 heterocycles. The number of nitrogens with zero attached hydrogens (tertiary/aromatic N) is 1. The van der Waals surface area contributed by atoms with Crippen molar-refractivity contribution in [3.63, 3.8) is 0 Å². The normalized spacial score (nSPS) is 15.0. The van der Waals surface area contributed by atoms with Gasteiger partial charge in [-0.25, -0.2) is 4.39 Å². The summed E-state index contributed by atoms with van der Waals surface area (Å²) in [7, 11) is 1.53. The van der Waals surface area contributed by atoms with Crippen LogP contribution in [0, 0.1) is 5.82 Å². The summed E-state index contributed by atoms with van der Waals surface area (Å²) in [5, 5.41) is 0.0767. The zero-order valence-corrected chi connectivity index (χ0v) is 19.4. The molecular formula is C27H24FNO6. The smallest absolute Gasteiger partial charge is 0.291 e. The molecule has 0 bridgehead atoms. The Kier molecular flexibility index (Phi) is 6.03. The van der Waals surface area contributed by atoms with Crippen molar-refractivity contribution in [2.24, 2.45) is 0 Å². The minimum atomic E-state index is -0.787. The number of benzene rings is 2. The Morgan fingerprint density at radius 1 is 1.09 bits per heavy atom. The van der Waals surface area contributed by atoms with Crippen LogP contribution >= 0.6 is 0 Å². The van der Waals surface area contributed by atoms with Crippen molar-refractivity contribution in [3.05, 3.63) is 93.5 Å². The molecule has 2 aromatic heterocycles. The first kappa shape index (κ1) is 22.7. The molecule has 0 spiro atoms. The molecule has 0 saturated heterocycles. The van der Waals surface area contributed by atoms with Crippen molar-refractivity contribution in [1.82, 2.24) is 4.90 Å². The Labute approximate surface area is 200 Å². The molecule has 0 saturated carbocycles. The second-order valence-electron chi connectivity index (χ2n) is 8.34. The molecule has 1 amide bonds. The SMILES string of the molecule is CCCCOc1ccc(C2c3c(oc4ccc(F)cc4c3=O)C(=O)N2Cc2ccco2)cc1OC. The molecule has 1 aliphatic heterocycles. The Morgan fingerprint density at radius 3 is 2.69 bits per heavy atom. The van der Waals surface area contributed by atoms with Gasteiger partial charge in [0.25, 0.3) is 5.91 Å². The molecule has 0 aliphatic carbocycles. The molecule has 5 rings (SSSR count). The highest BCUT2D eigenvalue weighted by atomic mass is 19.1. The van der Waals surface area contributed by atoms with Gasteiger partial charge >= 0.3 is 0 Å². The fourth-order valence-corrected chi connectivity index (χ4v) is 4.37. The van der Waals surface area contributed by atoms with Gasteiger partial charge < -0.3 is 23.2 Å². The summed E-state index contributed by atoms with van der Waals surface area (Å²) >= 11 is 0. The van der Waals surface area contributed by atoms with E-state index in [2.05, 4.69) is 6.92 Å². The number of hydrogen-bond donors (Lipinski definition) is 0. The van der Waals surface area contributed by atoms with E-state index in [-0.39, 0.29) is 28.8 Å². The van der Waals surface area contributed by atoms with Gasteiger partial charge in [-0.1, -0.05) is 19.4 Å². The molecule has 35 heavy (non-hydrogen) atoms. The topological polar surface area (TPSA) is 82.1 Å². The van der Waals surface area contributed by atoms with Crippen molar-refractivity contribution in [2.45, 2.75) is 32.4 Å². The quantitative estimate of drug-likeness (QED) is 0.314. The number of unbranched alkanes of at least 4 members (excludes halogenated alkanes) is 1. The zero-order chi connectivity index (χ0) is 24.5. The molecule has 2 aromatic carbocycles. The molecule has 4 aromatic rings. The number of hydrogen-bond acceptors (Lipinski definition) is 6. The van der Waals surface area contributed by atoms with Gasteiger partial charge in [-0.15, -0.1) is 0 Å². The predicted molar refractivity (Wildman–Crippen MR) is 126 cm³/mol. The number of carbonyl (C=O) groups excluding carboxylic acids is 1. The van der Waals surface area contributed by atoms with Gasteiger partial charge in [0.2, 0.25) is 5.76 Å². The zero-order valence-electron chi connectivity index (χ0n) is 19.4. The summed E-state index contributed by atoms with van der Waals surface area (Å²) < 4.78 is 36.7. The van der Waals surface area contributed by atoms with Crippen molar-refractivity contribution in [3.8, 4) is 11.5 Å². The van der Waals surface area contributed by atoms with Crippen molar-refractivity contribution in [1.29, 1.82) is 0 Å². The summed E-state index contributed by atoms with van der Waals surface area (Å²) in [6.07, 6.45) is 3.41. The van der Waals surface area contributed by atoms with Gasteiger partial charge in [0.15, 0.2) is 16.9 Å². The van der Waals surface area contributed by atoms with Gasteiger partial charge in [-0.05, 0) is 54.4 Å². The lowest BCUT2D eigenvalue weighted by Crippen LogP contribution is -2.29. The highest BCUT2D eigenvalue weighted by Gasteiger charge is 2.43. The van der Waals surface area contributed by atoms with E-state index in [1.165, 1.54) is 30.4 Å². The van der Waals surface area contributed by atoms with E-state index < -0.39 is 23.2 Å². The van der Waals surface area contributed by atoms with E-state index in [1.807, 2.05) is 0 Å². The lowest BCUT2D eigenvalue weighted by atomic mass is 9.98. The number of fused-ring (bicyclic) bond motifs is 2. The van der Waals surface area contributed by atoms with E-state index in [0.29, 0.717) is 29.4 Å². The van der Waals surface area contributed by atoms with Crippen LogP contribution in [0.25, 0.3) is 11.0 Å². The summed E-state index contributed by atoms with van der Waals surface area (Å²) in [6.45, 7) is 2.73. The largest absolute Gasteiger partial charge is 0.493 e. The Balaban J connectivity index is 1.66. The number of carbonyl (C=O) groups is 1. The Bertz CT molecular complexity index is 1440. The van der Waals surface area contributed by atoms with E-state index in [4.69, 9.17) is 18.3 Å². The first-order valence-corrected chi connectivity index (χ1v) is 11.4. The molecule has 1 atom stereocenters. The average Bonchev–Trinajstić information content (AvgIpc) is 3.47. The van der Waals surface area contributed by atoms with E-state index in [0.717, 1.165) is 18.9 Å². The Hall–Kier alpha value is -4.07. The van der Waals surface area contributed by atoms with Crippen LogP contribution in [-0.4, -0.2) is 24.5 Å². The van der Waals surface area contributed by atoms with Crippen molar-refractivity contribution < 1.29 is 27.5 Å². The minimum absolute atomic E-state index is 0.0621.